The van der Waals surface area contributed by atoms with Crippen LogP contribution in [0.5, 0.6) is 0 Å². The first-order valence-corrected chi connectivity index (χ1v) is 4.33. The number of fused-ring (bicyclic) bond motifs is 1. The number of benzene rings is 1. The maximum Gasteiger partial charge on any atom is 0.129 e. The molecule has 0 bridgehead atoms. The Bertz CT molecular complexity index is 442. The van der Waals surface area contributed by atoms with E-state index in [0.29, 0.717) is 5.15 Å². The van der Waals surface area contributed by atoms with Crippen molar-refractivity contribution in [3.05, 3.63) is 41.2 Å². The van der Waals surface area contributed by atoms with Crippen molar-refractivity contribution in [2.45, 2.75) is 6.61 Å². The largest absolute Gasteiger partial charge is 0.392 e. The van der Waals surface area contributed by atoms with Crippen LogP contribution in [0.15, 0.2) is 30.5 Å². The lowest BCUT2D eigenvalue weighted by atomic mass is 10.1. The third kappa shape index (κ3) is 1.50. The third-order valence-electron chi connectivity index (χ3n) is 1.99. The molecule has 2 rings (SSSR count). The molecule has 0 saturated carbocycles. The normalized spacial score (nSPS) is 10.6. The smallest absolute Gasteiger partial charge is 0.129 e. The monoisotopic (exact) mass is 193 g/mol. The van der Waals surface area contributed by atoms with Crippen LogP contribution in [0.3, 0.4) is 0 Å². The fourth-order valence-electron chi connectivity index (χ4n) is 1.35. The number of nitrogens with zero attached hydrogens (tertiary/aromatic N) is 1. The molecular weight excluding hydrogens is 186 g/mol. The van der Waals surface area contributed by atoms with Crippen LogP contribution in [-0.4, -0.2) is 10.1 Å². The lowest BCUT2D eigenvalue weighted by Crippen LogP contribution is -1.86. The van der Waals surface area contributed by atoms with Crippen molar-refractivity contribution in [1.82, 2.24) is 4.98 Å². The fraction of sp³-hybridized carbons (Fsp3) is 0.100. The predicted molar refractivity (Wildman–Crippen MR) is 52.7 cm³/mol. The molecule has 0 aliphatic carbocycles. The first-order valence-electron chi connectivity index (χ1n) is 3.95. The van der Waals surface area contributed by atoms with Gasteiger partial charge in [-0.15, -0.1) is 0 Å². The maximum absolute atomic E-state index is 9.04. The van der Waals surface area contributed by atoms with Crippen LogP contribution < -0.4 is 0 Å². The summed E-state index contributed by atoms with van der Waals surface area (Å²) in [4.78, 5) is 3.97. The number of hydrogen-bond donors (Lipinski definition) is 1. The summed E-state index contributed by atoms with van der Waals surface area (Å²) >= 11 is 5.74. The van der Waals surface area contributed by atoms with E-state index >= 15 is 0 Å². The zero-order valence-corrected chi connectivity index (χ0v) is 7.62. The van der Waals surface area contributed by atoms with E-state index in [-0.39, 0.29) is 6.61 Å². The Morgan fingerprint density at radius 1 is 1.38 bits per heavy atom. The lowest BCUT2D eigenvalue weighted by Gasteiger charge is -2.02. The molecule has 1 N–H and O–H groups in total. The first kappa shape index (κ1) is 8.48. The number of rotatable bonds is 1. The van der Waals surface area contributed by atoms with E-state index in [1.807, 2.05) is 18.2 Å². The van der Waals surface area contributed by atoms with Gasteiger partial charge >= 0.3 is 0 Å². The molecule has 1 aromatic heterocycles. The molecule has 66 valence electrons. The van der Waals surface area contributed by atoms with Crippen LogP contribution in [0.1, 0.15) is 5.56 Å². The van der Waals surface area contributed by atoms with Gasteiger partial charge in [0.25, 0.3) is 0 Å². The molecule has 1 heterocycles. The quantitative estimate of drug-likeness (QED) is 0.706. The molecule has 0 spiro atoms. The second-order valence-corrected chi connectivity index (χ2v) is 3.19. The minimum atomic E-state index is 0.0284. The SMILES string of the molecule is OCc1cccc2cc(Cl)ncc12. The summed E-state index contributed by atoms with van der Waals surface area (Å²) in [6.45, 7) is 0.0284. The zero-order valence-electron chi connectivity index (χ0n) is 6.87. The molecule has 0 unspecified atom stereocenters. The van der Waals surface area contributed by atoms with Gasteiger partial charge in [0.1, 0.15) is 5.15 Å². The molecule has 1 aromatic carbocycles. The fourth-order valence-corrected chi connectivity index (χ4v) is 1.51. The Labute approximate surface area is 80.8 Å². The van der Waals surface area contributed by atoms with Gasteiger partial charge < -0.3 is 5.11 Å². The Hall–Kier alpha value is -1.12. The molecule has 0 radical (unpaired) electrons. The summed E-state index contributed by atoms with van der Waals surface area (Å²) in [5.41, 5.74) is 0.877. The highest BCUT2D eigenvalue weighted by atomic mass is 35.5. The topological polar surface area (TPSA) is 33.1 Å². The second-order valence-electron chi connectivity index (χ2n) is 2.80. The minimum absolute atomic E-state index is 0.0284. The van der Waals surface area contributed by atoms with Crippen molar-refractivity contribution >= 4 is 22.4 Å². The summed E-state index contributed by atoms with van der Waals surface area (Å²) in [5, 5.41) is 11.5. The Kier molecular flexibility index (Phi) is 2.17. The molecule has 0 aliphatic rings. The number of aliphatic hydroxyl groups excluding tert-OH is 1. The van der Waals surface area contributed by atoms with Gasteiger partial charge in [0.05, 0.1) is 6.61 Å². The maximum atomic E-state index is 9.04. The van der Waals surface area contributed by atoms with Gasteiger partial charge in [-0.25, -0.2) is 4.98 Å². The van der Waals surface area contributed by atoms with E-state index in [2.05, 4.69) is 4.98 Å². The van der Waals surface area contributed by atoms with Gasteiger partial charge in [0.2, 0.25) is 0 Å². The first-order chi connectivity index (χ1) is 6.31. The molecule has 0 saturated heterocycles. The van der Waals surface area contributed by atoms with Crippen LogP contribution in [0.25, 0.3) is 10.8 Å². The molecule has 0 atom stereocenters. The number of aromatic nitrogens is 1. The van der Waals surface area contributed by atoms with Gasteiger partial charge in [-0.2, -0.15) is 0 Å². The van der Waals surface area contributed by atoms with Crippen LogP contribution in [0, 0.1) is 0 Å². The van der Waals surface area contributed by atoms with Gasteiger partial charge in [-0.05, 0) is 17.0 Å². The van der Waals surface area contributed by atoms with Gasteiger partial charge in [-0.1, -0.05) is 29.8 Å². The van der Waals surface area contributed by atoms with Gasteiger partial charge in [0.15, 0.2) is 0 Å². The second kappa shape index (κ2) is 3.32. The highest BCUT2D eigenvalue weighted by molar-refractivity contribution is 6.30. The van der Waals surface area contributed by atoms with E-state index in [1.54, 1.807) is 12.3 Å². The van der Waals surface area contributed by atoms with E-state index in [1.165, 1.54) is 0 Å². The Morgan fingerprint density at radius 2 is 2.23 bits per heavy atom. The van der Waals surface area contributed by atoms with Gasteiger partial charge in [-0.3, -0.25) is 0 Å². The third-order valence-corrected chi connectivity index (χ3v) is 2.20. The minimum Gasteiger partial charge on any atom is -0.392 e. The average Bonchev–Trinajstić information content (AvgIpc) is 2.16. The van der Waals surface area contributed by atoms with E-state index < -0.39 is 0 Å². The van der Waals surface area contributed by atoms with Crippen molar-refractivity contribution in [2.24, 2.45) is 0 Å². The van der Waals surface area contributed by atoms with Crippen molar-refractivity contribution < 1.29 is 5.11 Å². The van der Waals surface area contributed by atoms with Crippen molar-refractivity contribution in [3.8, 4) is 0 Å². The number of pyridine rings is 1. The Morgan fingerprint density at radius 3 is 3.00 bits per heavy atom. The highest BCUT2D eigenvalue weighted by Gasteiger charge is 2.00. The van der Waals surface area contributed by atoms with E-state index in [9.17, 15) is 0 Å². The van der Waals surface area contributed by atoms with Crippen LogP contribution >= 0.6 is 11.6 Å². The van der Waals surface area contributed by atoms with Crippen molar-refractivity contribution in [2.75, 3.05) is 0 Å². The molecule has 2 aromatic rings. The summed E-state index contributed by atoms with van der Waals surface area (Å²) in [7, 11) is 0. The molecule has 0 fully saturated rings. The number of hydrogen-bond acceptors (Lipinski definition) is 2. The number of halogens is 1. The molecule has 0 aliphatic heterocycles. The van der Waals surface area contributed by atoms with Crippen LogP contribution in [0.4, 0.5) is 0 Å². The summed E-state index contributed by atoms with van der Waals surface area (Å²) in [6.07, 6.45) is 1.68. The van der Waals surface area contributed by atoms with Crippen LogP contribution in [-0.2, 0) is 6.61 Å². The summed E-state index contributed by atoms with van der Waals surface area (Å²) < 4.78 is 0. The highest BCUT2D eigenvalue weighted by Crippen LogP contribution is 2.20. The Balaban J connectivity index is 2.77. The number of aliphatic hydroxyl groups is 1. The van der Waals surface area contributed by atoms with Gasteiger partial charge in [0, 0.05) is 11.6 Å². The van der Waals surface area contributed by atoms with Crippen molar-refractivity contribution in [1.29, 1.82) is 0 Å². The summed E-state index contributed by atoms with van der Waals surface area (Å²) in [5.74, 6) is 0. The lowest BCUT2D eigenvalue weighted by molar-refractivity contribution is 0.283. The standard InChI is InChI=1S/C10H8ClNO/c11-10-4-7-2-1-3-8(6-13)9(7)5-12-10/h1-5,13H,6H2. The predicted octanol–water partition coefficient (Wildman–Crippen LogP) is 2.38. The van der Waals surface area contributed by atoms with Crippen molar-refractivity contribution in [3.63, 3.8) is 0 Å². The molecule has 3 heteroatoms. The van der Waals surface area contributed by atoms with E-state index in [4.69, 9.17) is 16.7 Å². The molecule has 2 nitrogen and oxygen atoms in total. The molecule has 0 amide bonds. The van der Waals surface area contributed by atoms with E-state index in [0.717, 1.165) is 16.3 Å². The summed E-state index contributed by atoms with van der Waals surface area (Å²) in [6, 6.07) is 7.50. The average molecular weight is 194 g/mol. The zero-order chi connectivity index (χ0) is 9.26. The molecular formula is C10H8ClNO. The molecule has 13 heavy (non-hydrogen) atoms. The van der Waals surface area contributed by atoms with Crippen LogP contribution in [0.2, 0.25) is 5.15 Å².